The van der Waals surface area contributed by atoms with Crippen LogP contribution in [0.15, 0.2) is 36.7 Å². The van der Waals surface area contributed by atoms with Gasteiger partial charge in [0.25, 0.3) is 5.91 Å². The summed E-state index contributed by atoms with van der Waals surface area (Å²) in [7, 11) is 1.80. The van der Waals surface area contributed by atoms with Crippen molar-refractivity contribution in [2.75, 3.05) is 12.4 Å². The van der Waals surface area contributed by atoms with Crippen LogP contribution in [0.2, 0.25) is 0 Å². The number of amides is 1. The molecule has 0 saturated carbocycles. The van der Waals surface area contributed by atoms with Gasteiger partial charge in [-0.2, -0.15) is 0 Å². The molecule has 2 rings (SSSR count). The van der Waals surface area contributed by atoms with E-state index in [9.17, 15) is 4.79 Å². The summed E-state index contributed by atoms with van der Waals surface area (Å²) in [5.74, 6) is -0.197. The number of aromatic nitrogens is 2. The van der Waals surface area contributed by atoms with Gasteiger partial charge in [-0.25, -0.2) is 0 Å². The predicted molar refractivity (Wildman–Crippen MR) is 73.9 cm³/mol. The summed E-state index contributed by atoms with van der Waals surface area (Å²) in [4.78, 5) is 20.2. The first-order valence-corrected chi connectivity index (χ1v) is 6.02. The molecule has 0 aliphatic carbocycles. The van der Waals surface area contributed by atoms with E-state index in [0.717, 1.165) is 16.9 Å². The van der Waals surface area contributed by atoms with Crippen molar-refractivity contribution < 1.29 is 4.79 Å². The number of pyridine rings is 2. The van der Waals surface area contributed by atoms with Gasteiger partial charge in [0, 0.05) is 37.4 Å². The van der Waals surface area contributed by atoms with Crippen LogP contribution >= 0.6 is 0 Å². The molecule has 0 radical (unpaired) electrons. The van der Waals surface area contributed by atoms with Gasteiger partial charge in [0.1, 0.15) is 5.69 Å². The van der Waals surface area contributed by atoms with E-state index in [4.69, 9.17) is 0 Å². The second-order valence-electron chi connectivity index (χ2n) is 4.17. The van der Waals surface area contributed by atoms with Crippen LogP contribution in [0.3, 0.4) is 0 Å². The summed E-state index contributed by atoms with van der Waals surface area (Å²) >= 11 is 0. The molecule has 0 fully saturated rings. The number of nitrogens with zero attached hydrogens (tertiary/aromatic N) is 2. The van der Waals surface area contributed by atoms with Crippen molar-refractivity contribution in [3.05, 3.63) is 53.6 Å². The number of rotatable bonds is 4. The highest BCUT2D eigenvalue weighted by atomic mass is 16.1. The molecule has 0 saturated heterocycles. The Hall–Kier alpha value is -2.43. The number of carbonyl (C=O) groups excluding carboxylic acids is 1. The standard InChI is InChI=1S/C14H16N4O/c1-10-3-4-11(8-17-10)9-18-14(19)13-7-12(15-2)5-6-16-13/h3-8H,9H2,1-2H3,(H,15,16)(H,18,19). The molecule has 0 spiro atoms. The summed E-state index contributed by atoms with van der Waals surface area (Å²) in [6.45, 7) is 2.37. The number of nitrogens with one attached hydrogen (secondary N) is 2. The molecular formula is C14H16N4O. The topological polar surface area (TPSA) is 66.9 Å². The van der Waals surface area contributed by atoms with E-state index in [1.54, 1.807) is 31.6 Å². The van der Waals surface area contributed by atoms with Crippen molar-refractivity contribution in [2.24, 2.45) is 0 Å². The minimum absolute atomic E-state index is 0.197. The highest BCUT2D eigenvalue weighted by molar-refractivity contribution is 5.93. The van der Waals surface area contributed by atoms with Crippen molar-refractivity contribution in [2.45, 2.75) is 13.5 Å². The Morgan fingerprint density at radius 1 is 1.26 bits per heavy atom. The van der Waals surface area contributed by atoms with Crippen molar-refractivity contribution >= 4 is 11.6 Å². The van der Waals surface area contributed by atoms with Gasteiger partial charge in [-0.05, 0) is 30.7 Å². The second kappa shape index (κ2) is 5.95. The average Bonchev–Trinajstić information content (AvgIpc) is 2.46. The average molecular weight is 256 g/mol. The van der Waals surface area contributed by atoms with Crippen LogP contribution in [0.1, 0.15) is 21.7 Å². The van der Waals surface area contributed by atoms with Gasteiger partial charge >= 0.3 is 0 Å². The van der Waals surface area contributed by atoms with E-state index in [0.29, 0.717) is 12.2 Å². The van der Waals surface area contributed by atoms with E-state index in [1.807, 2.05) is 19.1 Å². The fourth-order valence-electron chi connectivity index (χ4n) is 1.59. The third kappa shape index (κ3) is 3.51. The smallest absolute Gasteiger partial charge is 0.270 e. The van der Waals surface area contributed by atoms with Crippen LogP contribution in [0.4, 0.5) is 5.69 Å². The zero-order valence-electron chi connectivity index (χ0n) is 11.0. The number of anilines is 1. The Bertz CT molecular complexity index is 566. The van der Waals surface area contributed by atoms with Crippen LogP contribution in [0.5, 0.6) is 0 Å². The molecule has 2 aromatic rings. The largest absolute Gasteiger partial charge is 0.388 e. The molecule has 5 nitrogen and oxygen atoms in total. The number of hydrogen-bond acceptors (Lipinski definition) is 4. The van der Waals surface area contributed by atoms with Crippen molar-refractivity contribution in [3.8, 4) is 0 Å². The molecule has 0 aromatic carbocycles. The Kier molecular flexibility index (Phi) is 4.07. The van der Waals surface area contributed by atoms with Crippen LogP contribution in [-0.2, 0) is 6.54 Å². The monoisotopic (exact) mass is 256 g/mol. The Morgan fingerprint density at radius 2 is 2.11 bits per heavy atom. The molecule has 2 N–H and O–H groups in total. The lowest BCUT2D eigenvalue weighted by molar-refractivity contribution is 0.0946. The fourth-order valence-corrected chi connectivity index (χ4v) is 1.59. The Balaban J connectivity index is 1.99. The quantitative estimate of drug-likeness (QED) is 0.874. The van der Waals surface area contributed by atoms with Crippen LogP contribution in [0, 0.1) is 6.92 Å². The van der Waals surface area contributed by atoms with Gasteiger partial charge in [-0.3, -0.25) is 14.8 Å². The van der Waals surface area contributed by atoms with Crippen molar-refractivity contribution in [3.63, 3.8) is 0 Å². The zero-order chi connectivity index (χ0) is 13.7. The van der Waals surface area contributed by atoms with Crippen LogP contribution in [0.25, 0.3) is 0 Å². The predicted octanol–water partition coefficient (Wildman–Crippen LogP) is 1.76. The maximum atomic E-state index is 11.9. The normalized spacial score (nSPS) is 10.0. The van der Waals surface area contributed by atoms with E-state index in [-0.39, 0.29) is 5.91 Å². The van der Waals surface area contributed by atoms with Crippen LogP contribution < -0.4 is 10.6 Å². The van der Waals surface area contributed by atoms with Gasteiger partial charge in [-0.1, -0.05) is 6.07 Å². The van der Waals surface area contributed by atoms with Gasteiger partial charge in [0.15, 0.2) is 0 Å². The SMILES string of the molecule is CNc1ccnc(C(=O)NCc2ccc(C)nc2)c1. The van der Waals surface area contributed by atoms with Gasteiger partial charge in [0.2, 0.25) is 0 Å². The lowest BCUT2D eigenvalue weighted by Gasteiger charge is -2.06. The lowest BCUT2D eigenvalue weighted by atomic mass is 10.2. The van der Waals surface area contributed by atoms with E-state index >= 15 is 0 Å². The molecule has 0 aliphatic rings. The first kappa shape index (κ1) is 13.0. The molecule has 0 bridgehead atoms. The van der Waals surface area contributed by atoms with Crippen LogP contribution in [-0.4, -0.2) is 22.9 Å². The highest BCUT2D eigenvalue weighted by Gasteiger charge is 2.07. The van der Waals surface area contributed by atoms with E-state index in [2.05, 4.69) is 20.6 Å². The third-order valence-electron chi connectivity index (χ3n) is 2.71. The lowest BCUT2D eigenvalue weighted by Crippen LogP contribution is -2.23. The fraction of sp³-hybridized carbons (Fsp3) is 0.214. The second-order valence-corrected chi connectivity index (χ2v) is 4.17. The molecule has 19 heavy (non-hydrogen) atoms. The maximum absolute atomic E-state index is 11.9. The summed E-state index contributed by atoms with van der Waals surface area (Å²) in [6.07, 6.45) is 3.36. The third-order valence-corrected chi connectivity index (χ3v) is 2.71. The Morgan fingerprint density at radius 3 is 2.79 bits per heavy atom. The minimum Gasteiger partial charge on any atom is -0.388 e. The molecule has 0 unspecified atom stereocenters. The number of hydrogen-bond donors (Lipinski definition) is 2. The summed E-state index contributed by atoms with van der Waals surface area (Å²) in [5, 5.41) is 5.79. The zero-order valence-corrected chi connectivity index (χ0v) is 11.0. The number of carbonyl (C=O) groups is 1. The van der Waals surface area contributed by atoms with Gasteiger partial charge in [-0.15, -0.1) is 0 Å². The molecule has 0 atom stereocenters. The summed E-state index contributed by atoms with van der Waals surface area (Å²) < 4.78 is 0. The maximum Gasteiger partial charge on any atom is 0.270 e. The Labute approximate surface area is 112 Å². The molecular weight excluding hydrogens is 240 g/mol. The van der Waals surface area contributed by atoms with E-state index < -0.39 is 0 Å². The first-order chi connectivity index (χ1) is 9.19. The molecule has 98 valence electrons. The van der Waals surface area contributed by atoms with Crippen molar-refractivity contribution in [1.82, 2.24) is 15.3 Å². The van der Waals surface area contributed by atoms with Crippen molar-refractivity contribution in [1.29, 1.82) is 0 Å². The molecule has 0 aliphatic heterocycles. The number of aryl methyl sites for hydroxylation is 1. The summed E-state index contributed by atoms with van der Waals surface area (Å²) in [6, 6.07) is 7.38. The molecule has 1 amide bonds. The molecule has 5 heteroatoms. The minimum atomic E-state index is -0.197. The summed E-state index contributed by atoms with van der Waals surface area (Å²) in [5.41, 5.74) is 3.17. The van der Waals surface area contributed by atoms with E-state index in [1.165, 1.54) is 0 Å². The van der Waals surface area contributed by atoms with Gasteiger partial charge in [0.05, 0.1) is 0 Å². The molecule has 2 heterocycles. The highest BCUT2D eigenvalue weighted by Crippen LogP contribution is 2.07. The first-order valence-electron chi connectivity index (χ1n) is 6.02. The van der Waals surface area contributed by atoms with Gasteiger partial charge < -0.3 is 10.6 Å². The molecule has 2 aromatic heterocycles.